The van der Waals surface area contributed by atoms with E-state index in [0.29, 0.717) is 11.3 Å². The highest BCUT2D eigenvalue weighted by molar-refractivity contribution is 6.06. The molecule has 0 saturated heterocycles. The molecule has 3 N–H and O–H groups in total. The first-order valence-corrected chi connectivity index (χ1v) is 9.48. The lowest BCUT2D eigenvalue weighted by atomic mass is 9.87. The van der Waals surface area contributed by atoms with Crippen molar-refractivity contribution < 1.29 is 19.8 Å². The summed E-state index contributed by atoms with van der Waals surface area (Å²) in [7, 11) is 0. The first kappa shape index (κ1) is 20.9. The number of nitrogens with one attached hydrogen (secondary N) is 1. The Morgan fingerprint density at radius 2 is 1.80 bits per heavy atom. The topological polar surface area (TPSA) is 102 Å². The number of rotatable bonds is 5. The van der Waals surface area contributed by atoms with Gasteiger partial charge in [-0.3, -0.25) is 9.59 Å². The van der Waals surface area contributed by atoms with Crippen LogP contribution in [0.15, 0.2) is 59.3 Å². The minimum absolute atomic E-state index is 0.125. The van der Waals surface area contributed by atoms with E-state index in [-0.39, 0.29) is 11.5 Å². The lowest BCUT2D eigenvalue weighted by molar-refractivity contribution is -0.137. The van der Waals surface area contributed by atoms with Crippen LogP contribution in [0.4, 0.5) is 0 Å². The van der Waals surface area contributed by atoms with Crippen LogP contribution in [-0.4, -0.2) is 39.9 Å². The number of aliphatic hydroxyl groups excluding tert-OH is 1. The fraction of sp³-hybridized carbons (Fsp3) is 0.174. The largest absolute Gasteiger partial charge is 0.505 e. The van der Waals surface area contributed by atoms with E-state index in [0.717, 1.165) is 22.3 Å². The Kier molecular flexibility index (Phi) is 6.01. The van der Waals surface area contributed by atoms with E-state index in [4.69, 9.17) is 5.11 Å². The Morgan fingerprint density at radius 1 is 1.13 bits per heavy atom. The number of aliphatic hydroxyl groups is 1. The second-order valence-electron chi connectivity index (χ2n) is 6.73. The number of hydrogen-bond acceptors (Lipinski definition) is 5. The quantitative estimate of drug-likeness (QED) is 0.657. The molecule has 7 heteroatoms. The summed E-state index contributed by atoms with van der Waals surface area (Å²) in [5, 5.41) is 27.9. The zero-order valence-electron chi connectivity index (χ0n) is 17.0. The van der Waals surface area contributed by atoms with Crippen LogP contribution < -0.4 is 5.32 Å². The summed E-state index contributed by atoms with van der Waals surface area (Å²) in [6.07, 6.45) is 3.31. The van der Waals surface area contributed by atoms with Gasteiger partial charge >= 0.3 is 5.97 Å². The van der Waals surface area contributed by atoms with Gasteiger partial charge < -0.3 is 15.5 Å². The van der Waals surface area contributed by atoms with Gasteiger partial charge in [0.15, 0.2) is 11.5 Å². The van der Waals surface area contributed by atoms with Crippen LogP contribution in [0.25, 0.3) is 22.6 Å². The number of hydrazone groups is 1. The molecule has 154 valence electrons. The molecule has 0 radical (unpaired) electrons. The van der Waals surface area contributed by atoms with Crippen molar-refractivity contribution in [3.05, 3.63) is 70.9 Å². The molecule has 1 aliphatic heterocycles. The normalized spacial score (nSPS) is 14.9. The molecule has 2 aromatic carbocycles. The lowest BCUT2D eigenvalue weighted by Crippen LogP contribution is -2.37. The Hall–Kier alpha value is -3.87. The molecule has 2 aromatic rings. The average molecular weight is 405 g/mol. The van der Waals surface area contributed by atoms with Crippen molar-refractivity contribution in [3.8, 4) is 11.1 Å². The van der Waals surface area contributed by atoms with Gasteiger partial charge in [0.1, 0.15) is 6.54 Å². The molecule has 1 heterocycles. The lowest BCUT2D eigenvalue weighted by Gasteiger charge is -2.32. The van der Waals surface area contributed by atoms with Gasteiger partial charge in [0.25, 0.3) is 5.91 Å². The van der Waals surface area contributed by atoms with Crippen molar-refractivity contribution in [3.63, 3.8) is 0 Å². The van der Waals surface area contributed by atoms with Crippen LogP contribution in [0.5, 0.6) is 0 Å². The Morgan fingerprint density at radius 3 is 2.40 bits per heavy atom. The number of amides is 1. The number of fused-ring (bicyclic) bond motifs is 1. The summed E-state index contributed by atoms with van der Waals surface area (Å²) < 4.78 is 0. The number of aryl methyl sites for hydroxylation is 1. The van der Waals surface area contributed by atoms with Crippen molar-refractivity contribution in [2.75, 3.05) is 6.54 Å². The number of allylic oxidation sites excluding steroid dienone is 1. The highest BCUT2D eigenvalue weighted by Gasteiger charge is 2.35. The van der Waals surface area contributed by atoms with Crippen molar-refractivity contribution in [2.24, 2.45) is 5.10 Å². The maximum absolute atomic E-state index is 12.8. The Bertz CT molecular complexity index is 1090. The average Bonchev–Trinajstić information content (AvgIpc) is 2.73. The highest BCUT2D eigenvalue weighted by Crippen LogP contribution is 2.43. The molecule has 1 amide bonds. The number of aliphatic carboxylic acids is 1. The molecule has 0 bridgehead atoms. The molecule has 30 heavy (non-hydrogen) atoms. The third kappa shape index (κ3) is 3.82. The van der Waals surface area contributed by atoms with Crippen molar-refractivity contribution in [1.29, 1.82) is 0 Å². The molecule has 0 saturated carbocycles. The van der Waals surface area contributed by atoms with Crippen molar-refractivity contribution in [1.82, 2.24) is 10.3 Å². The summed E-state index contributed by atoms with van der Waals surface area (Å²) in [6, 6.07) is 13.6. The van der Waals surface area contributed by atoms with Crippen LogP contribution in [0.1, 0.15) is 30.5 Å². The van der Waals surface area contributed by atoms with Gasteiger partial charge in [-0.25, -0.2) is 5.01 Å². The number of carbonyl (C=O) groups excluding carboxylic acids is 1. The first-order chi connectivity index (χ1) is 14.4. The van der Waals surface area contributed by atoms with Gasteiger partial charge in [0.05, 0.1) is 5.70 Å². The summed E-state index contributed by atoms with van der Waals surface area (Å²) >= 11 is 0. The second kappa shape index (κ2) is 8.65. The molecular formula is C23H23N3O4. The van der Waals surface area contributed by atoms with Crippen molar-refractivity contribution in [2.45, 2.75) is 20.8 Å². The van der Waals surface area contributed by atoms with E-state index >= 15 is 0 Å². The minimum atomic E-state index is -1.18. The second-order valence-corrected chi connectivity index (χ2v) is 6.73. The van der Waals surface area contributed by atoms with E-state index in [1.165, 1.54) is 11.2 Å². The molecule has 1 aliphatic rings. The number of carboxylic acids is 1. The molecule has 0 aliphatic carbocycles. The van der Waals surface area contributed by atoms with Crippen molar-refractivity contribution >= 4 is 29.5 Å². The predicted molar refractivity (Wildman–Crippen MR) is 116 cm³/mol. The smallest absolute Gasteiger partial charge is 0.322 e. The molecule has 0 spiro atoms. The summed E-state index contributed by atoms with van der Waals surface area (Å²) in [6.45, 7) is 4.86. The van der Waals surface area contributed by atoms with Gasteiger partial charge in [-0.2, -0.15) is 5.10 Å². The summed E-state index contributed by atoms with van der Waals surface area (Å²) in [5.74, 6) is -2.17. The van der Waals surface area contributed by atoms with Gasteiger partial charge in [0.2, 0.25) is 0 Å². The zero-order chi connectivity index (χ0) is 21.8. The minimum Gasteiger partial charge on any atom is -0.505 e. The van der Waals surface area contributed by atoms with Crippen LogP contribution in [0, 0.1) is 6.92 Å². The van der Waals surface area contributed by atoms with E-state index in [2.05, 4.69) is 10.4 Å². The van der Waals surface area contributed by atoms with Crippen LogP contribution in [0.3, 0.4) is 0 Å². The van der Waals surface area contributed by atoms with E-state index in [9.17, 15) is 14.7 Å². The van der Waals surface area contributed by atoms with Crippen LogP contribution in [0.2, 0.25) is 0 Å². The number of carbonyl (C=O) groups is 2. The number of benzene rings is 2. The van der Waals surface area contributed by atoms with Gasteiger partial charge in [-0.1, -0.05) is 42.5 Å². The maximum atomic E-state index is 12.8. The van der Waals surface area contributed by atoms with Crippen LogP contribution >= 0.6 is 0 Å². The Balaban J connectivity index is 2.31. The summed E-state index contributed by atoms with van der Waals surface area (Å²) in [4.78, 5) is 23.7. The SMILES string of the molecule is C/C=N\N1C(C(=O)NCC(=O)O)=C(O)c2cc(C)cc(-c3ccccc3)c2/C1=C\C. The van der Waals surface area contributed by atoms with Crippen LogP contribution in [-0.2, 0) is 9.59 Å². The van der Waals surface area contributed by atoms with Gasteiger partial charge in [-0.15, -0.1) is 0 Å². The molecule has 0 fully saturated rings. The van der Waals surface area contributed by atoms with E-state index < -0.39 is 18.4 Å². The highest BCUT2D eigenvalue weighted by atomic mass is 16.4. The standard InChI is InChI=1S/C23H23N3O4/c1-4-18-20-16(15-9-7-6-8-10-15)11-14(3)12-17(20)22(29)21(26(18)25-5-2)23(30)24-13-19(27)28/h4-12,29H,13H2,1-3H3,(H,24,30)(H,27,28)/b18-4+,25-5-. The van der Waals surface area contributed by atoms with E-state index in [1.54, 1.807) is 13.0 Å². The molecule has 3 rings (SSSR count). The molecular weight excluding hydrogens is 382 g/mol. The first-order valence-electron chi connectivity index (χ1n) is 9.48. The Labute approximate surface area is 174 Å². The van der Waals surface area contributed by atoms with Gasteiger partial charge in [-0.05, 0) is 43.5 Å². The number of carboxylic acid groups (broad SMARTS) is 1. The molecule has 0 unspecified atom stereocenters. The predicted octanol–water partition coefficient (Wildman–Crippen LogP) is 3.77. The van der Waals surface area contributed by atoms with Gasteiger partial charge in [0, 0.05) is 17.3 Å². The monoisotopic (exact) mass is 405 g/mol. The summed E-state index contributed by atoms with van der Waals surface area (Å²) in [5.41, 5.74) is 4.49. The number of hydrogen-bond donors (Lipinski definition) is 3. The zero-order valence-corrected chi connectivity index (χ0v) is 17.0. The van der Waals surface area contributed by atoms with E-state index in [1.807, 2.05) is 56.3 Å². The fourth-order valence-corrected chi connectivity index (χ4v) is 3.49. The third-order valence-corrected chi connectivity index (χ3v) is 4.66. The third-order valence-electron chi connectivity index (χ3n) is 4.66. The maximum Gasteiger partial charge on any atom is 0.322 e. The molecule has 0 aromatic heterocycles. The molecule has 0 atom stereocenters. The number of nitrogens with zero attached hydrogens (tertiary/aromatic N) is 2. The fourth-order valence-electron chi connectivity index (χ4n) is 3.49. The molecule has 7 nitrogen and oxygen atoms in total.